The Balaban J connectivity index is 1.82. The van der Waals surface area contributed by atoms with Crippen LogP contribution in [-0.2, 0) is 13.1 Å². The van der Waals surface area contributed by atoms with E-state index in [-0.39, 0.29) is 5.56 Å². The van der Waals surface area contributed by atoms with Gasteiger partial charge in [-0.15, -0.1) is 29.3 Å². The van der Waals surface area contributed by atoms with Gasteiger partial charge in [-0.05, 0) is 12.1 Å². The molecule has 0 aliphatic rings. The molecule has 0 saturated heterocycles. The topological polar surface area (TPSA) is 37.6 Å². The zero-order chi connectivity index (χ0) is 15.5. The third kappa shape index (κ3) is 3.47. The van der Waals surface area contributed by atoms with Crippen molar-refractivity contribution in [3.63, 3.8) is 0 Å². The Morgan fingerprint density at radius 2 is 2.27 bits per heavy atom. The van der Waals surface area contributed by atoms with Gasteiger partial charge >= 0.3 is 0 Å². The first-order valence-electron chi connectivity index (χ1n) is 6.69. The predicted molar refractivity (Wildman–Crippen MR) is 93.0 cm³/mol. The molecule has 114 valence electrons. The quantitative estimate of drug-likeness (QED) is 0.636. The fourth-order valence-electron chi connectivity index (χ4n) is 2.22. The summed E-state index contributed by atoms with van der Waals surface area (Å²) in [4.78, 5) is 20.7. The highest BCUT2D eigenvalue weighted by Crippen LogP contribution is 2.23. The average Bonchev–Trinajstić information content (AvgIpc) is 3.08. The molecular weight excluding hydrogens is 338 g/mol. The summed E-state index contributed by atoms with van der Waals surface area (Å²) in [7, 11) is 0. The van der Waals surface area contributed by atoms with Crippen molar-refractivity contribution in [3.8, 4) is 0 Å². The molecule has 0 radical (unpaired) electrons. The van der Waals surface area contributed by atoms with Crippen LogP contribution in [0.3, 0.4) is 0 Å². The second-order valence-corrected chi connectivity index (χ2v) is 7.48. The Morgan fingerprint density at radius 1 is 1.41 bits per heavy atom. The Labute approximate surface area is 140 Å². The lowest BCUT2D eigenvalue weighted by atomic mass is 10.3. The first kappa shape index (κ1) is 15.4. The molecule has 0 aliphatic carbocycles. The summed E-state index contributed by atoms with van der Waals surface area (Å²) in [6, 6.07) is 5.51. The van der Waals surface area contributed by atoms with E-state index < -0.39 is 0 Å². The molecule has 0 saturated carbocycles. The molecule has 3 aromatic heterocycles. The number of thiazole rings is 1. The van der Waals surface area contributed by atoms with Gasteiger partial charge < -0.3 is 0 Å². The molecule has 7 heteroatoms. The van der Waals surface area contributed by atoms with Gasteiger partial charge in [0.05, 0.1) is 10.0 Å². The number of fused-ring (bicyclic) bond motifs is 1. The van der Waals surface area contributed by atoms with Crippen LogP contribution >= 0.6 is 34.3 Å². The molecule has 0 atom stereocenters. The lowest BCUT2D eigenvalue weighted by Gasteiger charge is -2.19. The number of thiophene rings is 1. The zero-order valence-corrected chi connectivity index (χ0v) is 14.1. The van der Waals surface area contributed by atoms with Crippen molar-refractivity contribution in [2.24, 2.45) is 0 Å². The molecule has 0 fully saturated rings. The molecule has 0 N–H and O–H groups in total. The minimum Gasteiger partial charge on any atom is -0.289 e. The number of rotatable bonds is 6. The van der Waals surface area contributed by atoms with Crippen LogP contribution in [-0.4, -0.2) is 20.8 Å². The van der Waals surface area contributed by atoms with Crippen LogP contribution in [0.25, 0.3) is 4.96 Å². The van der Waals surface area contributed by atoms with Crippen LogP contribution in [0, 0.1) is 0 Å². The number of halogens is 1. The maximum Gasteiger partial charge on any atom is 0.258 e. The largest absolute Gasteiger partial charge is 0.289 e. The molecule has 22 heavy (non-hydrogen) atoms. The van der Waals surface area contributed by atoms with Gasteiger partial charge in [-0.1, -0.05) is 17.7 Å². The van der Waals surface area contributed by atoms with Gasteiger partial charge in [-0.3, -0.25) is 14.1 Å². The van der Waals surface area contributed by atoms with Gasteiger partial charge in [0, 0.05) is 42.2 Å². The molecule has 4 nitrogen and oxygen atoms in total. The second-order valence-electron chi connectivity index (χ2n) is 4.81. The third-order valence-electron chi connectivity index (χ3n) is 3.14. The van der Waals surface area contributed by atoms with Gasteiger partial charge in [-0.25, -0.2) is 4.98 Å². The van der Waals surface area contributed by atoms with Crippen molar-refractivity contribution in [2.75, 3.05) is 6.54 Å². The highest BCUT2D eigenvalue weighted by molar-refractivity contribution is 7.16. The molecular formula is C15H14ClN3OS2. The maximum absolute atomic E-state index is 12.0. The molecule has 0 aromatic carbocycles. The van der Waals surface area contributed by atoms with E-state index in [0.717, 1.165) is 28.1 Å². The summed E-state index contributed by atoms with van der Waals surface area (Å²) in [5, 5.41) is 1.86. The third-order valence-corrected chi connectivity index (χ3v) is 5.11. The van der Waals surface area contributed by atoms with E-state index >= 15 is 0 Å². The van der Waals surface area contributed by atoms with Crippen molar-refractivity contribution in [1.82, 2.24) is 14.3 Å². The van der Waals surface area contributed by atoms with Crippen LogP contribution in [0.5, 0.6) is 0 Å². The van der Waals surface area contributed by atoms with Crippen molar-refractivity contribution in [3.05, 3.63) is 67.7 Å². The van der Waals surface area contributed by atoms with Crippen molar-refractivity contribution in [1.29, 1.82) is 0 Å². The lowest BCUT2D eigenvalue weighted by molar-refractivity contribution is 0.285. The van der Waals surface area contributed by atoms with Crippen LogP contribution in [0.1, 0.15) is 10.6 Å². The summed E-state index contributed by atoms with van der Waals surface area (Å²) in [5.74, 6) is 0. The Morgan fingerprint density at radius 3 is 3.00 bits per heavy atom. The van der Waals surface area contributed by atoms with Crippen molar-refractivity contribution < 1.29 is 0 Å². The molecule has 0 unspecified atom stereocenters. The lowest BCUT2D eigenvalue weighted by Crippen LogP contribution is -2.24. The zero-order valence-electron chi connectivity index (χ0n) is 11.7. The van der Waals surface area contributed by atoms with E-state index in [1.165, 1.54) is 16.2 Å². The Kier molecular flexibility index (Phi) is 4.73. The minimum absolute atomic E-state index is 0.0426. The Bertz CT molecular complexity index is 852. The fourth-order valence-corrected chi connectivity index (χ4v) is 4.09. The van der Waals surface area contributed by atoms with E-state index in [4.69, 9.17) is 11.6 Å². The normalized spacial score (nSPS) is 11.4. The van der Waals surface area contributed by atoms with Crippen LogP contribution < -0.4 is 5.56 Å². The van der Waals surface area contributed by atoms with E-state index in [9.17, 15) is 4.79 Å². The minimum atomic E-state index is -0.0426. The van der Waals surface area contributed by atoms with Gasteiger partial charge in [0.1, 0.15) is 0 Å². The van der Waals surface area contributed by atoms with Crippen LogP contribution in [0.2, 0.25) is 4.34 Å². The summed E-state index contributed by atoms with van der Waals surface area (Å²) >= 11 is 9.01. The van der Waals surface area contributed by atoms with E-state index in [1.54, 1.807) is 28.0 Å². The van der Waals surface area contributed by atoms with Gasteiger partial charge in [0.2, 0.25) is 0 Å². The molecule has 3 aromatic rings. The molecule has 0 bridgehead atoms. The molecule has 3 rings (SSSR count). The molecule has 3 heterocycles. The number of hydrogen-bond acceptors (Lipinski definition) is 5. The van der Waals surface area contributed by atoms with E-state index in [2.05, 4.69) is 16.5 Å². The van der Waals surface area contributed by atoms with Crippen molar-refractivity contribution >= 4 is 39.2 Å². The van der Waals surface area contributed by atoms with E-state index in [0.29, 0.717) is 6.54 Å². The van der Waals surface area contributed by atoms with Gasteiger partial charge in [-0.2, -0.15) is 0 Å². The van der Waals surface area contributed by atoms with Gasteiger partial charge in [0.15, 0.2) is 4.96 Å². The fraction of sp³-hybridized carbons (Fsp3) is 0.200. The van der Waals surface area contributed by atoms with Crippen molar-refractivity contribution in [2.45, 2.75) is 13.1 Å². The number of hydrogen-bond donors (Lipinski definition) is 0. The SMILES string of the molecule is C=CCN(Cc1cc(=O)n2ccsc2n1)Cc1ccc(Cl)s1. The Hall–Kier alpha value is -1.47. The highest BCUT2D eigenvalue weighted by atomic mass is 35.5. The average molecular weight is 352 g/mol. The first-order chi connectivity index (χ1) is 10.7. The number of nitrogens with zero attached hydrogens (tertiary/aromatic N) is 3. The molecule has 0 spiro atoms. The van der Waals surface area contributed by atoms with Gasteiger partial charge in [0.25, 0.3) is 5.56 Å². The second kappa shape index (κ2) is 6.75. The molecule has 0 amide bonds. The summed E-state index contributed by atoms with van der Waals surface area (Å²) in [6.07, 6.45) is 3.60. The number of aromatic nitrogens is 2. The monoisotopic (exact) mass is 351 g/mol. The smallest absolute Gasteiger partial charge is 0.258 e. The maximum atomic E-state index is 12.0. The summed E-state index contributed by atoms with van der Waals surface area (Å²) in [6.45, 7) is 5.88. The van der Waals surface area contributed by atoms with E-state index in [1.807, 2.05) is 23.6 Å². The first-order valence-corrected chi connectivity index (χ1v) is 8.76. The predicted octanol–water partition coefficient (Wildman–Crippen LogP) is 3.66. The molecule has 0 aliphatic heterocycles. The summed E-state index contributed by atoms with van der Waals surface area (Å²) < 4.78 is 2.34. The van der Waals surface area contributed by atoms with Crippen LogP contribution in [0.15, 0.2) is 47.2 Å². The highest BCUT2D eigenvalue weighted by Gasteiger charge is 2.10. The van der Waals surface area contributed by atoms with Crippen LogP contribution in [0.4, 0.5) is 0 Å². The standard InChI is InChI=1S/C15H14ClN3OS2/c1-2-5-18(10-12-3-4-13(16)22-12)9-11-8-14(20)19-6-7-21-15(19)17-11/h2-4,6-8H,1,5,9-10H2. The summed E-state index contributed by atoms with van der Waals surface area (Å²) in [5.41, 5.74) is 0.732.